The van der Waals surface area contributed by atoms with Crippen LogP contribution in [0.15, 0.2) is 29.0 Å². The predicted octanol–water partition coefficient (Wildman–Crippen LogP) is 2.44. The number of carbonyl (C=O) groups excluding carboxylic acids is 1. The van der Waals surface area contributed by atoms with E-state index < -0.39 is 12.0 Å². The van der Waals surface area contributed by atoms with E-state index in [4.69, 9.17) is 4.52 Å². The molecule has 2 heterocycles. The van der Waals surface area contributed by atoms with E-state index in [1.807, 2.05) is 0 Å². The number of amides is 1. The number of carboxylic acids is 1. The standard InChI is InChI=1S/C15H15N3O4.ClH/c1-8(17-14(19)9-4-5-9)13-11(15(20)21)12(18-22-13)10-3-2-6-16-7-10;/h2-3,6-9H,4-5H2,1H3,(H,17,19)(H,20,21);1H/t8-;/m1./s1. The van der Waals surface area contributed by atoms with E-state index in [-0.39, 0.29) is 41.2 Å². The van der Waals surface area contributed by atoms with E-state index in [1.54, 1.807) is 25.3 Å². The van der Waals surface area contributed by atoms with Gasteiger partial charge in [-0.15, -0.1) is 12.4 Å². The number of rotatable bonds is 5. The van der Waals surface area contributed by atoms with Gasteiger partial charge in [0, 0.05) is 23.9 Å². The van der Waals surface area contributed by atoms with Gasteiger partial charge in [0.2, 0.25) is 5.91 Å². The molecule has 1 saturated carbocycles. The number of aromatic carboxylic acids is 1. The summed E-state index contributed by atoms with van der Waals surface area (Å²) < 4.78 is 5.20. The number of pyridine rings is 1. The topological polar surface area (TPSA) is 105 Å². The molecule has 2 aromatic rings. The number of halogens is 1. The molecule has 1 atom stereocenters. The highest BCUT2D eigenvalue weighted by Crippen LogP contribution is 2.32. The van der Waals surface area contributed by atoms with Crippen LogP contribution in [0.2, 0.25) is 0 Å². The van der Waals surface area contributed by atoms with Gasteiger partial charge in [0.15, 0.2) is 5.76 Å². The highest BCUT2D eigenvalue weighted by atomic mass is 35.5. The molecule has 1 fully saturated rings. The van der Waals surface area contributed by atoms with Crippen LogP contribution < -0.4 is 5.32 Å². The number of nitrogens with one attached hydrogen (secondary N) is 1. The Kier molecular flexibility index (Phi) is 5.00. The van der Waals surface area contributed by atoms with Crippen LogP contribution in [0.5, 0.6) is 0 Å². The number of aromatic nitrogens is 2. The van der Waals surface area contributed by atoms with Crippen molar-refractivity contribution in [1.82, 2.24) is 15.5 Å². The molecule has 0 aliphatic heterocycles. The largest absolute Gasteiger partial charge is 0.477 e. The summed E-state index contributed by atoms with van der Waals surface area (Å²) in [5, 5.41) is 16.1. The zero-order valence-electron chi connectivity index (χ0n) is 12.4. The van der Waals surface area contributed by atoms with Crippen LogP contribution in [0.1, 0.15) is 41.9 Å². The number of carbonyl (C=O) groups is 2. The molecule has 8 heteroatoms. The Labute approximate surface area is 138 Å². The first kappa shape index (κ1) is 17.0. The monoisotopic (exact) mass is 337 g/mol. The molecular weight excluding hydrogens is 322 g/mol. The summed E-state index contributed by atoms with van der Waals surface area (Å²) in [6.45, 7) is 1.68. The molecule has 122 valence electrons. The first-order chi connectivity index (χ1) is 10.6. The van der Waals surface area contributed by atoms with E-state index >= 15 is 0 Å². The predicted molar refractivity (Wildman–Crippen MR) is 83.2 cm³/mol. The van der Waals surface area contributed by atoms with Gasteiger partial charge >= 0.3 is 5.97 Å². The minimum absolute atomic E-state index is 0. The third-order valence-electron chi connectivity index (χ3n) is 3.57. The van der Waals surface area contributed by atoms with Gasteiger partial charge in [0.05, 0.1) is 6.04 Å². The summed E-state index contributed by atoms with van der Waals surface area (Å²) in [4.78, 5) is 27.3. The first-order valence-electron chi connectivity index (χ1n) is 7.01. The summed E-state index contributed by atoms with van der Waals surface area (Å²) in [5.74, 6) is -1.05. The lowest BCUT2D eigenvalue weighted by Gasteiger charge is -2.11. The zero-order valence-corrected chi connectivity index (χ0v) is 13.2. The van der Waals surface area contributed by atoms with Gasteiger partial charge in [-0.3, -0.25) is 9.78 Å². The van der Waals surface area contributed by atoms with Gasteiger partial charge in [-0.1, -0.05) is 5.16 Å². The maximum absolute atomic E-state index is 11.8. The fourth-order valence-corrected chi connectivity index (χ4v) is 2.25. The van der Waals surface area contributed by atoms with Crippen LogP contribution in [-0.4, -0.2) is 27.1 Å². The van der Waals surface area contributed by atoms with Gasteiger partial charge < -0.3 is 14.9 Å². The number of hydrogen-bond acceptors (Lipinski definition) is 5. The van der Waals surface area contributed by atoms with Crippen molar-refractivity contribution in [2.45, 2.75) is 25.8 Å². The Bertz CT molecular complexity index is 713. The molecule has 2 aromatic heterocycles. The van der Waals surface area contributed by atoms with Crippen LogP contribution in [-0.2, 0) is 4.79 Å². The minimum atomic E-state index is -1.15. The van der Waals surface area contributed by atoms with E-state index in [9.17, 15) is 14.7 Å². The Morgan fingerprint density at radius 2 is 2.17 bits per heavy atom. The summed E-state index contributed by atoms with van der Waals surface area (Å²) in [7, 11) is 0. The summed E-state index contributed by atoms with van der Waals surface area (Å²) >= 11 is 0. The second-order valence-corrected chi connectivity index (χ2v) is 5.32. The summed E-state index contributed by atoms with van der Waals surface area (Å²) in [5.41, 5.74) is 0.718. The highest BCUT2D eigenvalue weighted by molar-refractivity contribution is 5.96. The third kappa shape index (κ3) is 3.50. The fourth-order valence-electron chi connectivity index (χ4n) is 2.25. The molecule has 0 aromatic carbocycles. The Balaban J connectivity index is 0.00000192. The molecule has 1 aliphatic rings. The number of nitrogens with zero attached hydrogens (tertiary/aromatic N) is 2. The third-order valence-corrected chi connectivity index (χ3v) is 3.57. The molecule has 2 N–H and O–H groups in total. The van der Waals surface area contributed by atoms with Gasteiger partial charge in [-0.2, -0.15) is 0 Å². The Hall–Kier alpha value is -2.41. The smallest absolute Gasteiger partial charge is 0.341 e. The molecule has 1 aliphatic carbocycles. The Morgan fingerprint density at radius 1 is 1.43 bits per heavy atom. The van der Waals surface area contributed by atoms with Crippen LogP contribution in [0.4, 0.5) is 0 Å². The van der Waals surface area contributed by atoms with Crippen LogP contribution in [0.25, 0.3) is 11.3 Å². The molecular formula is C15H16ClN3O4. The first-order valence-corrected chi connectivity index (χ1v) is 7.01. The molecule has 0 saturated heterocycles. The molecule has 7 nitrogen and oxygen atoms in total. The lowest BCUT2D eigenvalue weighted by molar-refractivity contribution is -0.123. The highest BCUT2D eigenvalue weighted by Gasteiger charge is 2.33. The van der Waals surface area contributed by atoms with Crippen molar-refractivity contribution in [1.29, 1.82) is 0 Å². The van der Waals surface area contributed by atoms with Crippen molar-refractivity contribution in [3.05, 3.63) is 35.9 Å². The van der Waals surface area contributed by atoms with E-state index in [0.717, 1.165) is 12.8 Å². The maximum Gasteiger partial charge on any atom is 0.341 e. The van der Waals surface area contributed by atoms with Crippen molar-refractivity contribution in [2.75, 3.05) is 0 Å². The molecule has 3 rings (SSSR count). The number of hydrogen-bond donors (Lipinski definition) is 2. The number of carboxylic acid groups (broad SMARTS) is 1. The SMILES string of the molecule is C[C@@H](NC(=O)C1CC1)c1onc(-c2cccnc2)c1C(=O)O.Cl. The van der Waals surface area contributed by atoms with Crippen molar-refractivity contribution < 1.29 is 19.2 Å². The summed E-state index contributed by atoms with van der Waals surface area (Å²) in [6, 6.07) is 2.83. The average molecular weight is 338 g/mol. The van der Waals surface area contributed by atoms with Crippen LogP contribution in [0, 0.1) is 5.92 Å². The van der Waals surface area contributed by atoms with Gasteiger partial charge in [0.1, 0.15) is 11.3 Å². The quantitative estimate of drug-likeness (QED) is 0.868. The van der Waals surface area contributed by atoms with Crippen molar-refractivity contribution in [2.24, 2.45) is 5.92 Å². The molecule has 0 radical (unpaired) electrons. The van der Waals surface area contributed by atoms with Crippen LogP contribution in [0.3, 0.4) is 0 Å². The molecule has 0 bridgehead atoms. The molecule has 1 amide bonds. The average Bonchev–Trinajstić information content (AvgIpc) is 3.26. The van der Waals surface area contributed by atoms with E-state index in [1.165, 1.54) is 6.20 Å². The van der Waals surface area contributed by atoms with Crippen molar-refractivity contribution in [3.8, 4) is 11.3 Å². The van der Waals surface area contributed by atoms with Gasteiger partial charge in [-0.05, 0) is 31.9 Å². The van der Waals surface area contributed by atoms with E-state index in [0.29, 0.717) is 5.56 Å². The van der Waals surface area contributed by atoms with Gasteiger partial charge in [-0.25, -0.2) is 4.79 Å². The lowest BCUT2D eigenvalue weighted by Crippen LogP contribution is -2.28. The Morgan fingerprint density at radius 3 is 2.74 bits per heavy atom. The minimum Gasteiger partial charge on any atom is -0.477 e. The second-order valence-electron chi connectivity index (χ2n) is 5.32. The maximum atomic E-state index is 11.8. The van der Waals surface area contributed by atoms with Crippen molar-refractivity contribution in [3.63, 3.8) is 0 Å². The molecule has 23 heavy (non-hydrogen) atoms. The molecule has 0 spiro atoms. The second kappa shape index (κ2) is 6.78. The summed E-state index contributed by atoms with van der Waals surface area (Å²) in [6.07, 6.45) is 4.86. The zero-order chi connectivity index (χ0) is 15.7. The fraction of sp³-hybridized carbons (Fsp3) is 0.333. The molecule has 0 unspecified atom stereocenters. The lowest BCUT2D eigenvalue weighted by atomic mass is 10.0. The normalized spacial score (nSPS) is 14.7. The van der Waals surface area contributed by atoms with Crippen molar-refractivity contribution >= 4 is 24.3 Å². The van der Waals surface area contributed by atoms with Gasteiger partial charge in [0.25, 0.3) is 0 Å². The van der Waals surface area contributed by atoms with Crippen LogP contribution >= 0.6 is 12.4 Å². The van der Waals surface area contributed by atoms with E-state index in [2.05, 4.69) is 15.5 Å².